The van der Waals surface area contributed by atoms with Crippen molar-refractivity contribution >= 4 is 5.97 Å². The molecule has 0 radical (unpaired) electrons. The van der Waals surface area contributed by atoms with Crippen LogP contribution in [0.3, 0.4) is 0 Å². The highest BCUT2D eigenvalue weighted by Crippen LogP contribution is 2.27. The minimum absolute atomic E-state index is 0.270. The van der Waals surface area contributed by atoms with Crippen molar-refractivity contribution in [2.24, 2.45) is 0 Å². The number of carboxylic acids is 1. The van der Waals surface area contributed by atoms with Gasteiger partial charge in [-0.3, -0.25) is 4.68 Å². The maximum Gasteiger partial charge on any atom is 0.338 e. The highest BCUT2D eigenvalue weighted by molar-refractivity contribution is 5.90. The molecule has 2 aromatic rings. The van der Waals surface area contributed by atoms with Crippen molar-refractivity contribution in [1.82, 2.24) is 9.78 Å². The molecule has 5 heteroatoms. The van der Waals surface area contributed by atoms with Gasteiger partial charge in [0, 0.05) is 23.9 Å². The molecule has 18 heavy (non-hydrogen) atoms. The summed E-state index contributed by atoms with van der Waals surface area (Å²) in [6.07, 6.45) is 1.72. The smallest absolute Gasteiger partial charge is 0.338 e. The predicted octanol–water partition coefficient (Wildman–Crippen LogP) is 2.72. The Hall–Kier alpha value is -2.17. The molecule has 0 aliphatic heterocycles. The van der Waals surface area contributed by atoms with E-state index in [1.54, 1.807) is 23.9 Å². The zero-order valence-corrected chi connectivity index (χ0v) is 10.1. The molecule has 1 aromatic carbocycles. The van der Waals surface area contributed by atoms with Crippen molar-refractivity contribution < 1.29 is 14.3 Å². The van der Waals surface area contributed by atoms with Gasteiger partial charge in [-0.05, 0) is 19.9 Å². The Kier molecular flexibility index (Phi) is 3.14. The molecule has 0 spiro atoms. The summed E-state index contributed by atoms with van der Waals surface area (Å²) in [6, 6.07) is 4.34. The number of benzene rings is 1. The first-order valence-corrected chi connectivity index (χ1v) is 5.60. The molecule has 0 saturated carbocycles. The monoisotopic (exact) mass is 248 g/mol. The number of aromatic nitrogens is 2. The molecular formula is C13H13FN2O2. The number of carboxylic acid groups (broad SMARTS) is 1. The molecule has 0 bridgehead atoms. The first-order valence-electron chi connectivity index (χ1n) is 5.60. The number of aromatic carboxylic acids is 1. The van der Waals surface area contributed by atoms with E-state index >= 15 is 0 Å². The van der Waals surface area contributed by atoms with E-state index < -0.39 is 11.8 Å². The van der Waals surface area contributed by atoms with Crippen LogP contribution in [-0.4, -0.2) is 20.9 Å². The fraction of sp³-hybridized carbons (Fsp3) is 0.231. The number of aryl methyl sites for hydroxylation is 2. The zero-order valence-electron chi connectivity index (χ0n) is 10.1. The molecule has 0 atom stereocenters. The average Bonchev–Trinajstić information content (AvgIpc) is 2.70. The second-order valence-electron chi connectivity index (χ2n) is 3.96. The van der Waals surface area contributed by atoms with Crippen LogP contribution in [0.4, 0.5) is 4.39 Å². The summed E-state index contributed by atoms with van der Waals surface area (Å²) in [7, 11) is 0. The number of carbonyl (C=O) groups is 1. The van der Waals surface area contributed by atoms with Crippen LogP contribution in [0.2, 0.25) is 0 Å². The standard InChI is InChI=1S/C13H13FN2O2/c1-3-16-7-11(8(2)15-16)9-5-4-6-10(12(9)14)13(17)18/h4-7H,3H2,1-2H3,(H,17,18). The molecule has 1 aromatic heterocycles. The zero-order chi connectivity index (χ0) is 13.3. The van der Waals surface area contributed by atoms with E-state index in [4.69, 9.17) is 5.11 Å². The molecule has 94 valence electrons. The van der Waals surface area contributed by atoms with Gasteiger partial charge >= 0.3 is 5.97 Å². The van der Waals surface area contributed by atoms with Gasteiger partial charge in [0.25, 0.3) is 0 Å². The van der Waals surface area contributed by atoms with Gasteiger partial charge < -0.3 is 5.11 Å². The molecule has 0 saturated heterocycles. The maximum absolute atomic E-state index is 14.1. The molecular weight excluding hydrogens is 235 g/mol. The van der Waals surface area contributed by atoms with E-state index in [1.165, 1.54) is 12.1 Å². The van der Waals surface area contributed by atoms with Gasteiger partial charge in [0.05, 0.1) is 11.3 Å². The highest BCUT2D eigenvalue weighted by Gasteiger charge is 2.17. The molecule has 1 heterocycles. The largest absolute Gasteiger partial charge is 0.478 e. The molecule has 4 nitrogen and oxygen atoms in total. The Morgan fingerprint density at radius 3 is 2.72 bits per heavy atom. The van der Waals surface area contributed by atoms with E-state index in [-0.39, 0.29) is 11.1 Å². The Morgan fingerprint density at radius 2 is 2.17 bits per heavy atom. The van der Waals surface area contributed by atoms with Crippen LogP contribution >= 0.6 is 0 Å². The van der Waals surface area contributed by atoms with Gasteiger partial charge in [0.1, 0.15) is 5.82 Å². The Labute approximate surface area is 104 Å². The topological polar surface area (TPSA) is 55.1 Å². The highest BCUT2D eigenvalue weighted by atomic mass is 19.1. The third kappa shape index (κ3) is 1.99. The number of halogens is 1. The number of hydrogen-bond acceptors (Lipinski definition) is 2. The first-order chi connectivity index (χ1) is 8.54. The van der Waals surface area contributed by atoms with Crippen LogP contribution < -0.4 is 0 Å². The lowest BCUT2D eigenvalue weighted by molar-refractivity contribution is 0.0692. The molecule has 0 fully saturated rings. The lowest BCUT2D eigenvalue weighted by Crippen LogP contribution is -2.01. The normalized spacial score (nSPS) is 10.6. The summed E-state index contributed by atoms with van der Waals surface area (Å²) in [5.74, 6) is -1.99. The third-order valence-electron chi connectivity index (χ3n) is 2.79. The van der Waals surface area contributed by atoms with Crippen molar-refractivity contribution in [2.75, 3.05) is 0 Å². The number of hydrogen-bond donors (Lipinski definition) is 1. The van der Waals surface area contributed by atoms with E-state index in [9.17, 15) is 9.18 Å². The minimum atomic E-state index is -1.27. The van der Waals surface area contributed by atoms with E-state index in [2.05, 4.69) is 5.10 Å². The third-order valence-corrected chi connectivity index (χ3v) is 2.79. The second kappa shape index (κ2) is 4.60. The Bertz CT molecular complexity index is 605. The summed E-state index contributed by atoms with van der Waals surface area (Å²) in [4.78, 5) is 10.9. The molecule has 1 N–H and O–H groups in total. The van der Waals surface area contributed by atoms with E-state index in [0.29, 0.717) is 17.8 Å². The minimum Gasteiger partial charge on any atom is -0.478 e. The van der Waals surface area contributed by atoms with Gasteiger partial charge in [-0.1, -0.05) is 12.1 Å². The van der Waals surface area contributed by atoms with Crippen LogP contribution in [0, 0.1) is 12.7 Å². The van der Waals surface area contributed by atoms with Crippen LogP contribution in [0.5, 0.6) is 0 Å². The average molecular weight is 248 g/mol. The Morgan fingerprint density at radius 1 is 1.44 bits per heavy atom. The molecule has 0 amide bonds. The summed E-state index contributed by atoms with van der Waals surface area (Å²) < 4.78 is 15.8. The van der Waals surface area contributed by atoms with Gasteiger partial charge in [-0.2, -0.15) is 5.10 Å². The summed E-state index contributed by atoms with van der Waals surface area (Å²) in [6.45, 7) is 4.38. The van der Waals surface area contributed by atoms with Crippen molar-refractivity contribution in [3.8, 4) is 11.1 Å². The number of nitrogens with zero attached hydrogens (tertiary/aromatic N) is 2. The Balaban J connectivity index is 2.60. The summed E-state index contributed by atoms with van der Waals surface area (Å²) >= 11 is 0. The maximum atomic E-state index is 14.1. The van der Waals surface area contributed by atoms with Gasteiger partial charge in [0.15, 0.2) is 0 Å². The lowest BCUT2D eigenvalue weighted by Gasteiger charge is -2.04. The number of rotatable bonds is 3. The quantitative estimate of drug-likeness (QED) is 0.908. The second-order valence-corrected chi connectivity index (χ2v) is 3.96. The molecule has 0 aliphatic rings. The van der Waals surface area contributed by atoms with Gasteiger partial charge in [-0.25, -0.2) is 9.18 Å². The van der Waals surface area contributed by atoms with E-state index in [0.717, 1.165) is 0 Å². The molecule has 0 aliphatic carbocycles. The SMILES string of the molecule is CCn1cc(-c2cccc(C(=O)O)c2F)c(C)n1. The van der Waals surface area contributed by atoms with Crippen molar-refractivity contribution in [2.45, 2.75) is 20.4 Å². The fourth-order valence-electron chi connectivity index (χ4n) is 1.85. The van der Waals surface area contributed by atoms with Gasteiger partial charge in [-0.15, -0.1) is 0 Å². The van der Waals surface area contributed by atoms with Crippen LogP contribution in [0.15, 0.2) is 24.4 Å². The lowest BCUT2D eigenvalue weighted by atomic mass is 10.0. The molecule has 0 unspecified atom stereocenters. The van der Waals surface area contributed by atoms with Crippen molar-refractivity contribution in [1.29, 1.82) is 0 Å². The van der Waals surface area contributed by atoms with E-state index in [1.807, 2.05) is 6.92 Å². The van der Waals surface area contributed by atoms with Crippen LogP contribution in [0.25, 0.3) is 11.1 Å². The van der Waals surface area contributed by atoms with Crippen LogP contribution in [-0.2, 0) is 6.54 Å². The predicted molar refractivity (Wildman–Crippen MR) is 65.0 cm³/mol. The van der Waals surface area contributed by atoms with Crippen LogP contribution in [0.1, 0.15) is 23.0 Å². The fourth-order valence-corrected chi connectivity index (χ4v) is 1.85. The first kappa shape index (κ1) is 12.3. The molecule has 2 rings (SSSR count). The van der Waals surface area contributed by atoms with Gasteiger partial charge in [0.2, 0.25) is 0 Å². The van der Waals surface area contributed by atoms with Crippen molar-refractivity contribution in [3.05, 3.63) is 41.5 Å². The van der Waals surface area contributed by atoms with Crippen molar-refractivity contribution in [3.63, 3.8) is 0 Å². The summed E-state index contributed by atoms with van der Waals surface area (Å²) in [5.41, 5.74) is 1.25. The summed E-state index contributed by atoms with van der Waals surface area (Å²) in [5, 5.41) is 13.1.